The van der Waals surface area contributed by atoms with Gasteiger partial charge < -0.3 is 15.4 Å². The maximum Gasteiger partial charge on any atom is 0.328 e. The number of esters is 1. The summed E-state index contributed by atoms with van der Waals surface area (Å²) in [4.78, 5) is 11.0. The maximum atomic E-state index is 11.0. The summed E-state index contributed by atoms with van der Waals surface area (Å²) < 4.78 is 4.55. The average Bonchev–Trinajstić information content (AvgIpc) is 2.13. The molecular weight excluding hydrogens is 200 g/mol. The van der Waals surface area contributed by atoms with Crippen molar-refractivity contribution in [3.05, 3.63) is 0 Å². The van der Waals surface area contributed by atoms with Gasteiger partial charge in [0.1, 0.15) is 6.04 Å². The monoisotopic (exact) mass is 218 g/mol. The molecule has 0 aliphatic rings. The summed E-state index contributed by atoms with van der Waals surface area (Å²) >= 11 is 4.99. The molecule has 82 valence electrons. The van der Waals surface area contributed by atoms with Crippen LogP contribution in [0.4, 0.5) is 0 Å². The highest BCUT2D eigenvalue weighted by molar-refractivity contribution is 7.80. The lowest BCUT2D eigenvalue weighted by molar-refractivity contribution is -0.142. The first-order valence-corrected chi connectivity index (χ1v) is 5.00. The van der Waals surface area contributed by atoms with E-state index in [0.717, 1.165) is 6.54 Å². The van der Waals surface area contributed by atoms with E-state index in [9.17, 15) is 4.79 Å². The van der Waals surface area contributed by atoms with Gasteiger partial charge >= 0.3 is 5.97 Å². The van der Waals surface area contributed by atoms with Gasteiger partial charge in [0, 0.05) is 6.54 Å². The molecule has 1 atom stereocenters. The van der Waals surface area contributed by atoms with Crippen molar-refractivity contribution in [1.82, 2.24) is 10.6 Å². The second kappa shape index (κ2) is 6.59. The molecule has 2 N–H and O–H groups in total. The SMILES string of the molecule is COC(=O)C(C)NC(=S)NCC(C)C. The Morgan fingerprint density at radius 1 is 1.43 bits per heavy atom. The normalized spacial score (nSPS) is 12.1. The van der Waals surface area contributed by atoms with Crippen molar-refractivity contribution in [2.45, 2.75) is 26.8 Å². The number of rotatable bonds is 4. The maximum absolute atomic E-state index is 11.0. The van der Waals surface area contributed by atoms with E-state index in [0.29, 0.717) is 11.0 Å². The second-order valence-corrected chi connectivity index (χ2v) is 3.90. The van der Waals surface area contributed by atoms with Crippen molar-refractivity contribution in [2.24, 2.45) is 5.92 Å². The Bertz CT molecular complexity index is 207. The van der Waals surface area contributed by atoms with Gasteiger partial charge in [-0.25, -0.2) is 4.79 Å². The first-order chi connectivity index (χ1) is 6.47. The molecule has 5 heteroatoms. The molecule has 4 nitrogen and oxygen atoms in total. The van der Waals surface area contributed by atoms with Gasteiger partial charge in [-0.15, -0.1) is 0 Å². The van der Waals surface area contributed by atoms with Crippen LogP contribution in [0.5, 0.6) is 0 Å². The number of hydrogen-bond acceptors (Lipinski definition) is 3. The Hall–Kier alpha value is -0.840. The molecule has 0 saturated carbocycles. The van der Waals surface area contributed by atoms with Crippen LogP contribution in [0.1, 0.15) is 20.8 Å². The van der Waals surface area contributed by atoms with Gasteiger partial charge in [0.2, 0.25) is 0 Å². The first kappa shape index (κ1) is 13.2. The number of carbonyl (C=O) groups excluding carboxylic acids is 1. The zero-order valence-corrected chi connectivity index (χ0v) is 9.90. The molecule has 0 aliphatic carbocycles. The van der Waals surface area contributed by atoms with Crippen LogP contribution < -0.4 is 10.6 Å². The topological polar surface area (TPSA) is 50.4 Å². The van der Waals surface area contributed by atoms with E-state index in [1.54, 1.807) is 6.92 Å². The molecular formula is C9H18N2O2S. The van der Waals surface area contributed by atoms with E-state index in [1.807, 2.05) is 0 Å². The summed E-state index contributed by atoms with van der Waals surface area (Å²) in [6, 6.07) is -0.410. The minimum absolute atomic E-state index is 0.321. The van der Waals surface area contributed by atoms with Gasteiger partial charge in [-0.05, 0) is 25.1 Å². The highest BCUT2D eigenvalue weighted by atomic mass is 32.1. The lowest BCUT2D eigenvalue weighted by Gasteiger charge is -2.15. The molecule has 0 aromatic carbocycles. The Labute approximate surface area is 90.4 Å². The molecule has 0 aromatic heterocycles. The number of thiocarbonyl (C=S) groups is 1. The third kappa shape index (κ3) is 5.75. The molecule has 0 aromatic rings. The zero-order chi connectivity index (χ0) is 11.1. The fourth-order valence-electron chi connectivity index (χ4n) is 0.780. The Balaban J connectivity index is 3.77. The predicted molar refractivity (Wildman–Crippen MR) is 60.1 cm³/mol. The fourth-order valence-corrected chi connectivity index (χ4v) is 1.04. The summed E-state index contributed by atoms with van der Waals surface area (Å²) in [7, 11) is 1.35. The van der Waals surface area contributed by atoms with Crippen LogP contribution in [-0.4, -0.2) is 30.8 Å². The van der Waals surface area contributed by atoms with E-state index < -0.39 is 6.04 Å². The zero-order valence-electron chi connectivity index (χ0n) is 9.09. The van der Waals surface area contributed by atoms with Crippen molar-refractivity contribution in [1.29, 1.82) is 0 Å². The molecule has 0 radical (unpaired) electrons. The minimum atomic E-state index is -0.410. The van der Waals surface area contributed by atoms with Crippen molar-refractivity contribution in [2.75, 3.05) is 13.7 Å². The van der Waals surface area contributed by atoms with Gasteiger partial charge in [-0.1, -0.05) is 13.8 Å². The first-order valence-electron chi connectivity index (χ1n) is 4.59. The van der Waals surface area contributed by atoms with Crippen LogP contribution in [0.15, 0.2) is 0 Å². The van der Waals surface area contributed by atoms with Crippen LogP contribution in [0, 0.1) is 5.92 Å². The minimum Gasteiger partial charge on any atom is -0.467 e. The third-order valence-corrected chi connectivity index (χ3v) is 1.84. The summed E-state index contributed by atoms with van der Waals surface area (Å²) in [6.07, 6.45) is 0. The number of ether oxygens (including phenoxy) is 1. The smallest absolute Gasteiger partial charge is 0.328 e. The fraction of sp³-hybridized carbons (Fsp3) is 0.778. The standard InChI is InChI=1S/C9H18N2O2S/c1-6(2)5-10-9(14)11-7(3)8(12)13-4/h6-7H,5H2,1-4H3,(H2,10,11,14). The molecule has 0 spiro atoms. The predicted octanol–water partition coefficient (Wildman–Crippen LogP) is 0.668. The van der Waals surface area contributed by atoms with Crippen LogP contribution in [0.25, 0.3) is 0 Å². The van der Waals surface area contributed by atoms with Crippen LogP contribution in [0.3, 0.4) is 0 Å². The van der Waals surface area contributed by atoms with E-state index in [-0.39, 0.29) is 5.97 Å². The van der Waals surface area contributed by atoms with Crippen molar-refractivity contribution < 1.29 is 9.53 Å². The van der Waals surface area contributed by atoms with Crippen molar-refractivity contribution in [3.63, 3.8) is 0 Å². The Kier molecular flexibility index (Phi) is 6.19. The van der Waals surface area contributed by atoms with Gasteiger partial charge in [0.15, 0.2) is 5.11 Å². The largest absolute Gasteiger partial charge is 0.467 e. The molecule has 0 bridgehead atoms. The van der Waals surface area contributed by atoms with E-state index >= 15 is 0 Å². The van der Waals surface area contributed by atoms with Crippen LogP contribution in [-0.2, 0) is 9.53 Å². The van der Waals surface area contributed by atoms with Crippen LogP contribution >= 0.6 is 12.2 Å². The number of nitrogens with one attached hydrogen (secondary N) is 2. The van der Waals surface area contributed by atoms with E-state index in [1.165, 1.54) is 7.11 Å². The molecule has 0 heterocycles. The Morgan fingerprint density at radius 3 is 2.43 bits per heavy atom. The molecule has 0 fully saturated rings. The highest BCUT2D eigenvalue weighted by Crippen LogP contribution is 1.89. The van der Waals surface area contributed by atoms with Crippen molar-refractivity contribution in [3.8, 4) is 0 Å². The summed E-state index contributed by atoms with van der Waals surface area (Å²) in [5.41, 5.74) is 0. The molecule has 0 aliphatic heterocycles. The molecule has 1 unspecified atom stereocenters. The van der Waals surface area contributed by atoms with Crippen LogP contribution in [0.2, 0.25) is 0 Å². The number of carbonyl (C=O) groups is 1. The summed E-state index contributed by atoms with van der Waals surface area (Å²) in [5.74, 6) is 0.196. The second-order valence-electron chi connectivity index (χ2n) is 3.49. The quantitative estimate of drug-likeness (QED) is 0.536. The molecule has 14 heavy (non-hydrogen) atoms. The Morgan fingerprint density at radius 2 is 2.00 bits per heavy atom. The molecule has 0 amide bonds. The third-order valence-electron chi connectivity index (χ3n) is 1.57. The lowest BCUT2D eigenvalue weighted by atomic mass is 10.2. The van der Waals surface area contributed by atoms with Gasteiger partial charge in [-0.2, -0.15) is 0 Å². The van der Waals surface area contributed by atoms with Gasteiger partial charge in [0.05, 0.1) is 7.11 Å². The van der Waals surface area contributed by atoms with Gasteiger partial charge in [-0.3, -0.25) is 0 Å². The van der Waals surface area contributed by atoms with E-state index in [2.05, 4.69) is 29.2 Å². The number of methoxy groups -OCH3 is 1. The average molecular weight is 218 g/mol. The molecule has 0 rings (SSSR count). The van der Waals surface area contributed by atoms with Gasteiger partial charge in [0.25, 0.3) is 0 Å². The summed E-state index contributed by atoms with van der Waals surface area (Å²) in [6.45, 7) is 6.66. The van der Waals surface area contributed by atoms with Crippen molar-refractivity contribution >= 4 is 23.3 Å². The highest BCUT2D eigenvalue weighted by Gasteiger charge is 2.13. The lowest BCUT2D eigenvalue weighted by Crippen LogP contribution is -2.45. The number of hydrogen-bond donors (Lipinski definition) is 2. The summed E-state index contributed by atoms with van der Waals surface area (Å²) in [5, 5.41) is 6.32. The van der Waals surface area contributed by atoms with E-state index in [4.69, 9.17) is 12.2 Å². The molecule has 0 saturated heterocycles.